The average molecular weight is 609 g/mol. The van der Waals surface area contributed by atoms with Gasteiger partial charge in [0.15, 0.2) is 0 Å². The Kier molecular flexibility index (Phi) is 7.98. The van der Waals surface area contributed by atoms with E-state index in [9.17, 15) is 19.1 Å². The van der Waals surface area contributed by atoms with Crippen molar-refractivity contribution in [1.82, 2.24) is 9.47 Å². The van der Waals surface area contributed by atoms with E-state index >= 15 is 4.39 Å². The van der Waals surface area contributed by atoms with Crippen molar-refractivity contribution < 1.29 is 23.4 Å². The van der Waals surface area contributed by atoms with Crippen molar-refractivity contribution in [3.05, 3.63) is 92.7 Å². The number of carboxylic acid groups (broad SMARTS) is 1. The number of nitrogens with zero attached hydrogens (tertiary/aromatic N) is 4. The minimum absolute atomic E-state index is 0.00228. The Labute approximate surface area is 252 Å². The summed E-state index contributed by atoms with van der Waals surface area (Å²) >= 11 is 6.96. The summed E-state index contributed by atoms with van der Waals surface area (Å²) in [6.45, 7) is 4.73. The molecule has 11 heteroatoms. The molecule has 0 bridgehead atoms. The zero-order chi connectivity index (χ0) is 30.2. The number of carboxylic acids is 1. The van der Waals surface area contributed by atoms with Crippen molar-refractivity contribution in [2.24, 2.45) is 0 Å². The summed E-state index contributed by atoms with van der Waals surface area (Å²) in [7, 11) is 1.52. The Morgan fingerprint density at radius 1 is 0.953 bits per heavy atom. The van der Waals surface area contributed by atoms with Gasteiger partial charge in [0.25, 0.3) is 0 Å². The number of piperazine rings is 1. The summed E-state index contributed by atoms with van der Waals surface area (Å²) in [6.07, 6.45) is 3.55. The van der Waals surface area contributed by atoms with Crippen LogP contribution < -0.4 is 20.0 Å². The molecular formula is C32H31ClF2N4O4. The van der Waals surface area contributed by atoms with Gasteiger partial charge >= 0.3 is 5.97 Å². The van der Waals surface area contributed by atoms with Crippen molar-refractivity contribution in [3.8, 4) is 11.4 Å². The molecular weight excluding hydrogens is 578 g/mol. The summed E-state index contributed by atoms with van der Waals surface area (Å²) in [4.78, 5) is 31.6. The lowest BCUT2D eigenvalue weighted by molar-refractivity contribution is 0.0695. The van der Waals surface area contributed by atoms with E-state index in [0.29, 0.717) is 37.6 Å². The first kappa shape index (κ1) is 28.9. The summed E-state index contributed by atoms with van der Waals surface area (Å²) < 4.78 is 36.4. The van der Waals surface area contributed by atoms with Crippen LogP contribution in [0, 0.1) is 11.6 Å². The predicted octanol–water partition coefficient (Wildman–Crippen LogP) is 5.55. The fraction of sp³-hybridized carbons (Fsp3) is 0.312. The molecule has 1 N–H and O–H groups in total. The van der Waals surface area contributed by atoms with Crippen LogP contribution in [0.15, 0.2) is 59.5 Å². The number of hydrogen-bond acceptors (Lipinski definition) is 6. The molecule has 2 fully saturated rings. The van der Waals surface area contributed by atoms with Gasteiger partial charge in [-0.1, -0.05) is 17.7 Å². The number of carbonyl (C=O) groups is 1. The van der Waals surface area contributed by atoms with Gasteiger partial charge in [0, 0.05) is 44.6 Å². The monoisotopic (exact) mass is 608 g/mol. The molecule has 2 aliphatic rings. The number of benzene rings is 3. The van der Waals surface area contributed by atoms with E-state index in [-0.39, 0.29) is 27.4 Å². The molecule has 0 aliphatic carbocycles. The van der Waals surface area contributed by atoms with Crippen LogP contribution in [0.2, 0.25) is 5.02 Å². The lowest BCUT2D eigenvalue weighted by Crippen LogP contribution is -2.47. The number of methoxy groups -OCH3 is 1. The van der Waals surface area contributed by atoms with E-state index in [1.54, 1.807) is 18.2 Å². The second kappa shape index (κ2) is 11.9. The largest absolute Gasteiger partial charge is 0.495 e. The van der Waals surface area contributed by atoms with E-state index < -0.39 is 22.8 Å². The van der Waals surface area contributed by atoms with Crippen LogP contribution in [0.3, 0.4) is 0 Å². The minimum atomic E-state index is -1.43. The van der Waals surface area contributed by atoms with Gasteiger partial charge in [-0.25, -0.2) is 13.6 Å². The molecule has 0 radical (unpaired) electrons. The lowest BCUT2D eigenvalue weighted by atomic mass is 10.1. The van der Waals surface area contributed by atoms with Crippen LogP contribution in [-0.4, -0.2) is 66.9 Å². The van der Waals surface area contributed by atoms with E-state index in [4.69, 9.17) is 16.3 Å². The molecule has 0 spiro atoms. The molecule has 2 saturated heterocycles. The van der Waals surface area contributed by atoms with Crippen molar-refractivity contribution in [2.45, 2.75) is 19.4 Å². The maximum Gasteiger partial charge on any atom is 0.341 e. The number of anilines is 2. The average Bonchev–Trinajstić information content (AvgIpc) is 3.51. The van der Waals surface area contributed by atoms with Crippen molar-refractivity contribution >= 4 is 39.8 Å². The number of fused-ring (bicyclic) bond motifs is 1. The van der Waals surface area contributed by atoms with Gasteiger partial charge in [-0.05, 0) is 74.0 Å². The smallest absolute Gasteiger partial charge is 0.341 e. The zero-order valence-corrected chi connectivity index (χ0v) is 24.4. The molecule has 43 heavy (non-hydrogen) atoms. The highest BCUT2D eigenvalue weighted by molar-refractivity contribution is 6.38. The molecule has 0 unspecified atom stereocenters. The van der Waals surface area contributed by atoms with E-state index in [1.165, 1.54) is 30.0 Å². The molecule has 2 aliphatic heterocycles. The van der Waals surface area contributed by atoms with Crippen LogP contribution in [0.5, 0.6) is 5.75 Å². The highest BCUT2D eigenvalue weighted by Crippen LogP contribution is 2.39. The fourth-order valence-corrected chi connectivity index (χ4v) is 6.50. The molecule has 1 aromatic heterocycles. The molecule has 3 heterocycles. The fourth-order valence-electron chi connectivity index (χ4n) is 6.10. The number of likely N-dealkylation sites (tertiary alicyclic amines) is 1. The normalized spacial score (nSPS) is 15.8. The summed E-state index contributed by atoms with van der Waals surface area (Å²) in [5.74, 6) is -2.00. The number of pyridine rings is 1. The third-order valence-electron chi connectivity index (χ3n) is 8.28. The Hall–Kier alpha value is -4.15. The third kappa shape index (κ3) is 5.52. The van der Waals surface area contributed by atoms with Crippen LogP contribution >= 0.6 is 11.6 Å². The van der Waals surface area contributed by atoms with E-state index in [0.717, 1.165) is 49.8 Å². The van der Waals surface area contributed by atoms with Gasteiger partial charge < -0.3 is 24.2 Å². The predicted molar refractivity (Wildman–Crippen MR) is 163 cm³/mol. The van der Waals surface area contributed by atoms with Crippen LogP contribution in [-0.2, 0) is 6.54 Å². The van der Waals surface area contributed by atoms with Gasteiger partial charge in [-0.15, -0.1) is 0 Å². The SMILES string of the molecule is COc1cc(CN2CCCC2)ccc1-n1cc(C(=O)O)c(=O)c2cc(F)c(N3CCN(c4ccc(F)cc4)CC3)c(Cl)c21. The Morgan fingerprint density at radius 2 is 1.63 bits per heavy atom. The third-order valence-corrected chi connectivity index (χ3v) is 8.64. The van der Waals surface area contributed by atoms with E-state index in [2.05, 4.69) is 9.80 Å². The van der Waals surface area contributed by atoms with Gasteiger partial charge in [0.2, 0.25) is 5.43 Å². The van der Waals surface area contributed by atoms with Gasteiger partial charge in [0.05, 0.1) is 34.4 Å². The molecule has 4 aromatic rings. The molecule has 0 atom stereocenters. The number of halogens is 3. The standard InChI is InChI=1S/C32H31ClF2N4O4/c1-43-27-16-20(18-36-10-2-3-11-36)4-9-26(27)39-19-24(32(41)42)31(40)23-17-25(35)30(28(33)29(23)39)38-14-12-37(13-15-38)22-7-5-21(34)6-8-22/h4-9,16-17,19H,2-3,10-15,18H2,1H3,(H,41,42). The number of ether oxygens (including phenoxy) is 1. The van der Waals surface area contributed by atoms with Gasteiger partial charge in [0.1, 0.15) is 22.9 Å². The number of aromatic carboxylic acids is 1. The lowest BCUT2D eigenvalue weighted by Gasteiger charge is -2.38. The first-order chi connectivity index (χ1) is 20.7. The summed E-state index contributed by atoms with van der Waals surface area (Å²) in [6, 6.07) is 12.9. The second-order valence-corrected chi connectivity index (χ2v) is 11.3. The molecule has 0 amide bonds. The molecule has 3 aromatic carbocycles. The Balaban J connectivity index is 1.43. The Bertz CT molecular complexity index is 1750. The molecule has 6 rings (SSSR count). The maximum absolute atomic E-state index is 15.8. The van der Waals surface area contributed by atoms with Crippen LogP contribution in [0.1, 0.15) is 28.8 Å². The first-order valence-electron chi connectivity index (χ1n) is 14.2. The highest BCUT2D eigenvalue weighted by atomic mass is 35.5. The van der Waals surface area contributed by atoms with Gasteiger partial charge in [-0.3, -0.25) is 9.69 Å². The first-order valence-corrected chi connectivity index (χ1v) is 14.6. The zero-order valence-electron chi connectivity index (χ0n) is 23.7. The topological polar surface area (TPSA) is 78.2 Å². The van der Waals surface area contributed by atoms with Crippen LogP contribution in [0.4, 0.5) is 20.2 Å². The van der Waals surface area contributed by atoms with Crippen LogP contribution in [0.25, 0.3) is 16.6 Å². The molecule has 224 valence electrons. The summed E-state index contributed by atoms with van der Waals surface area (Å²) in [5.41, 5.74) is 1.36. The number of hydrogen-bond donors (Lipinski definition) is 1. The quantitative estimate of drug-likeness (QED) is 0.295. The number of rotatable bonds is 7. The summed E-state index contributed by atoms with van der Waals surface area (Å²) in [5, 5.41) is 9.71. The Morgan fingerprint density at radius 3 is 2.28 bits per heavy atom. The van der Waals surface area contributed by atoms with Gasteiger partial charge in [-0.2, -0.15) is 0 Å². The molecule has 8 nitrogen and oxygen atoms in total. The highest BCUT2D eigenvalue weighted by Gasteiger charge is 2.27. The maximum atomic E-state index is 15.8. The minimum Gasteiger partial charge on any atom is -0.495 e. The second-order valence-electron chi connectivity index (χ2n) is 10.9. The van der Waals surface area contributed by atoms with Crippen molar-refractivity contribution in [2.75, 3.05) is 56.2 Å². The van der Waals surface area contributed by atoms with Crippen molar-refractivity contribution in [3.63, 3.8) is 0 Å². The number of aromatic nitrogens is 1. The van der Waals surface area contributed by atoms with Crippen molar-refractivity contribution in [1.29, 1.82) is 0 Å². The van der Waals surface area contributed by atoms with E-state index in [1.807, 2.05) is 17.0 Å². The molecule has 0 saturated carbocycles.